The van der Waals surface area contributed by atoms with Gasteiger partial charge in [0.2, 0.25) is 0 Å². The first kappa shape index (κ1) is 15.1. The van der Waals surface area contributed by atoms with E-state index in [9.17, 15) is 0 Å². The van der Waals surface area contributed by atoms with Crippen molar-refractivity contribution in [3.63, 3.8) is 0 Å². The molecule has 4 nitrogen and oxygen atoms in total. The van der Waals surface area contributed by atoms with Crippen LogP contribution >= 0.6 is 0 Å². The van der Waals surface area contributed by atoms with Gasteiger partial charge in [-0.25, -0.2) is 0 Å². The second-order valence-corrected chi connectivity index (χ2v) is 3.91. The molecule has 0 amide bonds. The van der Waals surface area contributed by atoms with Gasteiger partial charge in [0.25, 0.3) is 0 Å². The molecule has 0 heterocycles. The van der Waals surface area contributed by atoms with Crippen LogP contribution in [0.25, 0.3) is 6.08 Å². The van der Waals surface area contributed by atoms with Gasteiger partial charge >= 0.3 is 0 Å². The third-order valence-corrected chi connectivity index (χ3v) is 2.68. The Morgan fingerprint density at radius 2 is 1.68 bits per heavy atom. The summed E-state index contributed by atoms with van der Waals surface area (Å²) in [7, 11) is 4.79. The molecule has 0 aliphatic rings. The van der Waals surface area contributed by atoms with Crippen molar-refractivity contribution in [3.8, 4) is 17.2 Å². The van der Waals surface area contributed by atoms with Crippen LogP contribution in [-0.4, -0.2) is 33.0 Å². The normalized spacial score (nSPS) is 11.7. The van der Waals surface area contributed by atoms with E-state index in [1.807, 2.05) is 19.1 Å². The lowest BCUT2D eigenvalue weighted by Gasteiger charge is -2.12. The highest BCUT2D eigenvalue weighted by atomic mass is 16.5. The highest BCUT2D eigenvalue weighted by Crippen LogP contribution is 2.35. The Kier molecular flexibility index (Phi) is 5.96. The Morgan fingerprint density at radius 3 is 2.11 bits per heavy atom. The number of aliphatic hydroxyl groups excluding tert-OH is 1. The van der Waals surface area contributed by atoms with E-state index in [2.05, 4.69) is 0 Å². The molecule has 1 rings (SSSR count). The lowest BCUT2D eigenvalue weighted by Crippen LogP contribution is -1.94. The highest BCUT2D eigenvalue weighted by molar-refractivity contribution is 5.67. The topological polar surface area (TPSA) is 47.9 Å². The molecule has 0 saturated carbocycles. The number of methoxy groups -OCH3 is 3. The second kappa shape index (κ2) is 7.48. The molecule has 0 unspecified atom stereocenters. The molecule has 1 aromatic carbocycles. The summed E-state index contributed by atoms with van der Waals surface area (Å²) in [5.74, 6) is 2.02. The first-order chi connectivity index (χ1) is 9.15. The lowest BCUT2D eigenvalue weighted by atomic mass is 10.1. The molecular weight excluding hydrogens is 244 g/mol. The van der Waals surface area contributed by atoms with Gasteiger partial charge in [-0.2, -0.15) is 0 Å². The molecule has 0 aromatic heterocycles. The van der Waals surface area contributed by atoms with Gasteiger partial charge in [-0.1, -0.05) is 17.7 Å². The van der Waals surface area contributed by atoms with Gasteiger partial charge in [-0.05, 0) is 13.0 Å². The molecule has 4 heteroatoms. The zero-order valence-corrected chi connectivity index (χ0v) is 11.8. The SMILES string of the molecule is COc1cc(OC)c(/C=C/C(C)=C/CO)c(OC)c1. The van der Waals surface area contributed by atoms with E-state index in [1.54, 1.807) is 39.5 Å². The third kappa shape index (κ3) is 4.03. The van der Waals surface area contributed by atoms with E-state index in [0.717, 1.165) is 11.1 Å². The predicted octanol–water partition coefficient (Wildman–Crippen LogP) is 2.66. The van der Waals surface area contributed by atoms with E-state index in [-0.39, 0.29) is 6.61 Å². The maximum absolute atomic E-state index is 8.83. The van der Waals surface area contributed by atoms with Crippen molar-refractivity contribution >= 4 is 6.08 Å². The van der Waals surface area contributed by atoms with Crippen LogP contribution in [0.15, 0.2) is 29.9 Å². The van der Waals surface area contributed by atoms with Crippen LogP contribution < -0.4 is 14.2 Å². The van der Waals surface area contributed by atoms with Crippen LogP contribution in [0, 0.1) is 0 Å². The van der Waals surface area contributed by atoms with Crippen molar-refractivity contribution in [3.05, 3.63) is 35.4 Å². The first-order valence-electron chi connectivity index (χ1n) is 5.92. The molecule has 0 fully saturated rings. The van der Waals surface area contributed by atoms with Crippen LogP contribution in [0.5, 0.6) is 17.2 Å². The number of ether oxygens (including phenoxy) is 3. The zero-order chi connectivity index (χ0) is 14.3. The summed E-state index contributed by atoms with van der Waals surface area (Å²) in [5.41, 5.74) is 1.79. The lowest BCUT2D eigenvalue weighted by molar-refractivity contribution is 0.342. The van der Waals surface area contributed by atoms with Gasteiger partial charge in [0.15, 0.2) is 0 Å². The van der Waals surface area contributed by atoms with Crippen LogP contribution in [0.3, 0.4) is 0 Å². The Labute approximate surface area is 113 Å². The van der Waals surface area contributed by atoms with Gasteiger partial charge in [0.05, 0.1) is 33.5 Å². The fraction of sp³-hybridized carbons (Fsp3) is 0.333. The van der Waals surface area contributed by atoms with E-state index < -0.39 is 0 Å². The van der Waals surface area contributed by atoms with Gasteiger partial charge in [0.1, 0.15) is 17.2 Å². The summed E-state index contributed by atoms with van der Waals surface area (Å²) >= 11 is 0. The maximum Gasteiger partial charge on any atom is 0.133 e. The summed E-state index contributed by atoms with van der Waals surface area (Å²) < 4.78 is 15.9. The molecule has 0 bridgehead atoms. The van der Waals surface area contributed by atoms with Crippen LogP contribution in [0.2, 0.25) is 0 Å². The molecule has 19 heavy (non-hydrogen) atoms. The summed E-state index contributed by atoms with van der Waals surface area (Å²) in [4.78, 5) is 0. The summed E-state index contributed by atoms with van der Waals surface area (Å²) in [6, 6.07) is 3.60. The summed E-state index contributed by atoms with van der Waals surface area (Å²) in [5, 5.41) is 8.83. The van der Waals surface area contributed by atoms with E-state index in [4.69, 9.17) is 19.3 Å². The molecule has 0 aliphatic heterocycles. The number of hydrogen-bond donors (Lipinski definition) is 1. The van der Waals surface area contributed by atoms with E-state index >= 15 is 0 Å². The molecule has 104 valence electrons. The first-order valence-corrected chi connectivity index (χ1v) is 5.92. The van der Waals surface area contributed by atoms with Gasteiger partial charge in [0, 0.05) is 12.1 Å². The van der Waals surface area contributed by atoms with Crippen molar-refractivity contribution in [1.82, 2.24) is 0 Å². The fourth-order valence-electron chi connectivity index (χ4n) is 1.62. The average molecular weight is 264 g/mol. The van der Waals surface area contributed by atoms with Crippen molar-refractivity contribution in [2.45, 2.75) is 6.92 Å². The van der Waals surface area contributed by atoms with Crippen molar-refractivity contribution in [2.24, 2.45) is 0 Å². The number of hydrogen-bond acceptors (Lipinski definition) is 4. The molecule has 0 saturated heterocycles. The van der Waals surface area contributed by atoms with Crippen molar-refractivity contribution < 1.29 is 19.3 Å². The largest absolute Gasteiger partial charge is 0.496 e. The Balaban J connectivity index is 3.21. The van der Waals surface area contributed by atoms with Gasteiger partial charge in [-0.3, -0.25) is 0 Å². The third-order valence-electron chi connectivity index (χ3n) is 2.68. The molecule has 1 aromatic rings. The van der Waals surface area contributed by atoms with Gasteiger partial charge < -0.3 is 19.3 Å². The number of allylic oxidation sites excluding steroid dienone is 2. The minimum atomic E-state index is 0.0209. The number of rotatable bonds is 6. The monoisotopic (exact) mass is 264 g/mol. The van der Waals surface area contributed by atoms with Gasteiger partial charge in [-0.15, -0.1) is 0 Å². The molecule has 0 radical (unpaired) electrons. The van der Waals surface area contributed by atoms with Crippen molar-refractivity contribution in [2.75, 3.05) is 27.9 Å². The van der Waals surface area contributed by atoms with Crippen LogP contribution in [-0.2, 0) is 0 Å². The van der Waals surface area contributed by atoms with E-state index in [0.29, 0.717) is 17.2 Å². The Morgan fingerprint density at radius 1 is 1.11 bits per heavy atom. The van der Waals surface area contributed by atoms with E-state index in [1.165, 1.54) is 0 Å². The number of benzene rings is 1. The average Bonchev–Trinajstić information content (AvgIpc) is 2.44. The number of aliphatic hydroxyl groups is 1. The second-order valence-electron chi connectivity index (χ2n) is 3.91. The molecule has 1 N–H and O–H groups in total. The maximum atomic E-state index is 8.83. The quantitative estimate of drug-likeness (QED) is 0.802. The van der Waals surface area contributed by atoms with Crippen LogP contribution in [0.4, 0.5) is 0 Å². The summed E-state index contributed by atoms with van der Waals surface area (Å²) in [6.07, 6.45) is 5.50. The molecule has 0 atom stereocenters. The minimum absolute atomic E-state index is 0.0209. The Bertz CT molecular complexity index is 450. The zero-order valence-electron chi connectivity index (χ0n) is 11.8. The van der Waals surface area contributed by atoms with Crippen LogP contribution in [0.1, 0.15) is 12.5 Å². The Hall–Kier alpha value is -1.94. The molecule has 0 aliphatic carbocycles. The molecule has 0 spiro atoms. The predicted molar refractivity (Wildman–Crippen MR) is 76.0 cm³/mol. The minimum Gasteiger partial charge on any atom is -0.496 e. The molecular formula is C15H20O4. The highest BCUT2D eigenvalue weighted by Gasteiger charge is 2.10. The summed E-state index contributed by atoms with van der Waals surface area (Å²) in [6.45, 7) is 1.93. The smallest absolute Gasteiger partial charge is 0.133 e. The van der Waals surface area contributed by atoms with Crippen molar-refractivity contribution in [1.29, 1.82) is 0 Å². The standard InChI is InChI=1S/C15H20O4/c1-11(7-8-16)5-6-13-14(18-3)9-12(17-2)10-15(13)19-4/h5-7,9-10,16H,8H2,1-4H3/b6-5+,11-7+. The fourth-order valence-corrected chi connectivity index (χ4v) is 1.62.